The maximum Gasteiger partial charge on any atom is 0.0469 e. The van der Waals surface area contributed by atoms with Crippen molar-refractivity contribution in [2.75, 3.05) is 31.3 Å². The van der Waals surface area contributed by atoms with Crippen LogP contribution in [0.5, 0.6) is 0 Å². The fourth-order valence-corrected chi connectivity index (χ4v) is 2.93. The summed E-state index contributed by atoms with van der Waals surface area (Å²) < 4.78 is 5.42. The molecule has 0 aromatic heterocycles. The molecule has 3 heteroatoms. The minimum Gasteiger partial charge on any atom is -0.381 e. The Morgan fingerprint density at radius 2 is 2.07 bits per heavy atom. The van der Waals surface area contributed by atoms with E-state index in [0.717, 1.165) is 25.7 Å². The van der Waals surface area contributed by atoms with Gasteiger partial charge in [0, 0.05) is 25.0 Å². The lowest BCUT2D eigenvalue weighted by molar-refractivity contribution is 0.0566. The second-order valence-electron chi connectivity index (χ2n) is 4.17. The lowest BCUT2D eigenvalue weighted by Crippen LogP contribution is -2.41. The van der Waals surface area contributed by atoms with Gasteiger partial charge < -0.3 is 10.1 Å². The second-order valence-corrected chi connectivity index (χ2v) is 5.49. The van der Waals surface area contributed by atoms with Crippen molar-refractivity contribution in [3.8, 4) is 0 Å². The number of nitrogens with one attached hydrogen (secondary N) is 1. The molecule has 2 nitrogen and oxygen atoms in total. The van der Waals surface area contributed by atoms with Crippen molar-refractivity contribution in [3.63, 3.8) is 0 Å². The van der Waals surface area contributed by atoms with E-state index in [4.69, 9.17) is 4.74 Å². The highest BCUT2D eigenvalue weighted by molar-refractivity contribution is 7.99. The molecule has 0 aromatic carbocycles. The molecule has 0 bridgehead atoms. The normalized spacial score (nSPS) is 20.4. The predicted octanol–water partition coefficient (Wildman–Crippen LogP) is 2.53. The summed E-state index contributed by atoms with van der Waals surface area (Å²) in [5.74, 6) is 3.33. The van der Waals surface area contributed by atoms with Gasteiger partial charge in [0.05, 0.1) is 0 Å². The van der Waals surface area contributed by atoms with Crippen LogP contribution >= 0.6 is 11.8 Å². The number of hydrogen-bond acceptors (Lipinski definition) is 3. The van der Waals surface area contributed by atoms with Crippen molar-refractivity contribution < 1.29 is 4.74 Å². The molecule has 1 rings (SSSR count). The molecule has 0 spiro atoms. The van der Waals surface area contributed by atoms with Gasteiger partial charge in [-0.1, -0.05) is 13.8 Å². The Hall–Kier alpha value is 0.270. The molecular weight excluding hydrogens is 206 g/mol. The Kier molecular flexibility index (Phi) is 7.49. The molecule has 1 atom stereocenters. The summed E-state index contributed by atoms with van der Waals surface area (Å²) >= 11 is 2.06. The van der Waals surface area contributed by atoms with Crippen LogP contribution in [-0.2, 0) is 4.74 Å². The summed E-state index contributed by atoms with van der Waals surface area (Å²) in [6.07, 6.45) is 3.72. The third kappa shape index (κ3) is 5.23. The van der Waals surface area contributed by atoms with Gasteiger partial charge in [0.2, 0.25) is 0 Å². The third-order valence-corrected chi connectivity index (χ3v) is 4.00. The SMILES string of the molecule is CCCNC(CSCC)C1CCOCC1. The molecule has 1 unspecified atom stereocenters. The third-order valence-electron chi connectivity index (χ3n) is 2.99. The first-order valence-electron chi connectivity index (χ1n) is 6.27. The standard InChI is InChI=1S/C12H25NOS/c1-3-7-13-12(10-15-4-2)11-5-8-14-9-6-11/h11-13H,3-10H2,1-2H3. The first-order valence-corrected chi connectivity index (χ1v) is 7.42. The highest BCUT2D eigenvalue weighted by Gasteiger charge is 2.22. The first kappa shape index (κ1) is 13.3. The Bertz CT molecular complexity index is 141. The first-order chi connectivity index (χ1) is 7.38. The summed E-state index contributed by atoms with van der Waals surface area (Å²) in [6, 6.07) is 0.707. The minimum atomic E-state index is 0.707. The van der Waals surface area contributed by atoms with Crippen LogP contribution in [0, 0.1) is 5.92 Å². The van der Waals surface area contributed by atoms with Gasteiger partial charge >= 0.3 is 0 Å². The van der Waals surface area contributed by atoms with Crippen LogP contribution in [0.25, 0.3) is 0 Å². The molecule has 15 heavy (non-hydrogen) atoms. The number of thioether (sulfide) groups is 1. The molecule has 0 radical (unpaired) electrons. The Balaban J connectivity index is 2.30. The fraction of sp³-hybridized carbons (Fsp3) is 1.00. The maximum absolute atomic E-state index is 5.42. The largest absolute Gasteiger partial charge is 0.381 e. The van der Waals surface area contributed by atoms with Gasteiger partial charge in [-0.2, -0.15) is 11.8 Å². The van der Waals surface area contributed by atoms with Gasteiger partial charge in [0.25, 0.3) is 0 Å². The van der Waals surface area contributed by atoms with E-state index in [1.165, 1.54) is 30.8 Å². The average molecular weight is 231 g/mol. The highest BCUT2D eigenvalue weighted by Crippen LogP contribution is 2.21. The predicted molar refractivity (Wildman–Crippen MR) is 68.6 cm³/mol. The summed E-state index contributed by atoms with van der Waals surface area (Å²) in [5, 5.41) is 3.70. The molecule has 1 aliphatic rings. The molecule has 1 heterocycles. The van der Waals surface area contributed by atoms with E-state index in [1.54, 1.807) is 0 Å². The molecule has 0 amide bonds. The lowest BCUT2D eigenvalue weighted by Gasteiger charge is -2.31. The van der Waals surface area contributed by atoms with Gasteiger partial charge in [-0.25, -0.2) is 0 Å². The van der Waals surface area contributed by atoms with E-state index >= 15 is 0 Å². The van der Waals surface area contributed by atoms with Crippen LogP contribution in [0.3, 0.4) is 0 Å². The van der Waals surface area contributed by atoms with Crippen molar-refractivity contribution in [2.45, 2.75) is 39.2 Å². The zero-order chi connectivity index (χ0) is 10.9. The van der Waals surface area contributed by atoms with E-state index in [9.17, 15) is 0 Å². The molecule has 0 aliphatic carbocycles. The van der Waals surface area contributed by atoms with Crippen molar-refractivity contribution in [2.24, 2.45) is 5.92 Å². The summed E-state index contributed by atoms with van der Waals surface area (Å²) in [7, 11) is 0. The monoisotopic (exact) mass is 231 g/mol. The topological polar surface area (TPSA) is 21.3 Å². The number of rotatable bonds is 7. The molecule has 1 aliphatic heterocycles. The molecule has 1 saturated heterocycles. The molecule has 0 aromatic rings. The minimum absolute atomic E-state index is 0.707. The quantitative estimate of drug-likeness (QED) is 0.727. The van der Waals surface area contributed by atoms with E-state index in [1.807, 2.05) is 0 Å². The summed E-state index contributed by atoms with van der Waals surface area (Å²) in [4.78, 5) is 0. The van der Waals surface area contributed by atoms with Gasteiger partial charge in [0.15, 0.2) is 0 Å². The van der Waals surface area contributed by atoms with E-state index in [0.29, 0.717) is 6.04 Å². The number of ether oxygens (including phenoxy) is 1. The zero-order valence-electron chi connectivity index (χ0n) is 10.1. The van der Waals surface area contributed by atoms with E-state index < -0.39 is 0 Å². The van der Waals surface area contributed by atoms with E-state index in [2.05, 4.69) is 30.9 Å². The van der Waals surface area contributed by atoms with Crippen LogP contribution in [-0.4, -0.2) is 37.3 Å². The molecular formula is C12H25NOS. The maximum atomic E-state index is 5.42. The van der Waals surface area contributed by atoms with Crippen molar-refractivity contribution in [1.29, 1.82) is 0 Å². The molecule has 1 N–H and O–H groups in total. The fourth-order valence-electron chi connectivity index (χ4n) is 2.05. The van der Waals surface area contributed by atoms with Crippen LogP contribution in [0.15, 0.2) is 0 Å². The Morgan fingerprint density at radius 1 is 1.33 bits per heavy atom. The highest BCUT2D eigenvalue weighted by atomic mass is 32.2. The summed E-state index contributed by atoms with van der Waals surface area (Å²) in [5.41, 5.74) is 0. The van der Waals surface area contributed by atoms with Crippen LogP contribution < -0.4 is 5.32 Å². The van der Waals surface area contributed by atoms with Crippen LogP contribution in [0.1, 0.15) is 33.1 Å². The zero-order valence-corrected chi connectivity index (χ0v) is 10.9. The molecule has 1 fully saturated rings. The molecule has 0 saturated carbocycles. The van der Waals surface area contributed by atoms with Gasteiger partial charge in [-0.3, -0.25) is 0 Å². The Labute approximate surface area is 98.5 Å². The smallest absolute Gasteiger partial charge is 0.0469 e. The second kappa shape index (κ2) is 8.43. The van der Waals surface area contributed by atoms with E-state index in [-0.39, 0.29) is 0 Å². The Morgan fingerprint density at radius 3 is 2.67 bits per heavy atom. The van der Waals surface area contributed by atoms with Gasteiger partial charge in [-0.05, 0) is 37.5 Å². The van der Waals surface area contributed by atoms with Crippen molar-refractivity contribution >= 4 is 11.8 Å². The summed E-state index contributed by atoms with van der Waals surface area (Å²) in [6.45, 7) is 7.57. The van der Waals surface area contributed by atoms with Crippen molar-refractivity contribution in [1.82, 2.24) is 5.32 Å². The van der Waals surface area contributed by atoms with Crippen LogP contribution in [0.2, 0.25) is 0 Å². The van der Waals surface area contributed by atoms with Crippen LogP contribution in [0.4, 0.5) is 0 Å². The number of hydrogen-bond donors (Lipinski definition) is 1. The molecule has 90 valence electrons. The average Bonchev–Trinajstić information content (AvgIpc) is 2.30. The van der Waals surface area contributed by atoms with Crippen molar-refractivity contribution in [3.05, 3.63) is 0 Å². The van der Waals surface area contributed by atoms with Gasteiger partial charge in [-0.15, -0.1) is 0 Å². The lowest BCUT2D eigenvalue weighted by atomic mass is 9.93. The van der Waals surface area contributed by atoms with Gasteiger partial charge in [0.1, 0.15) is 0 Å².